The molecule has 108 valence electrons. The van der Waals surface area contributed by atoms with Gasteiger partial charge in [-0.2, -0.15) is 0 Å². The standard InChI is InChI=1S/C16H11N3O3/c1-18-13-7-3-2-6-11(13)14(20)19-15(21)12(17-16(18)19)9-10-5-4-8-22-10/h2-9H,1H3. The number of carbonyl (C=O) groups is 2. The Morgan fingerprint density at radius 2 is 1.91 bits per heavy atom. The molecule has 0 radical (unpaired) electrons. The Morgan fingerprint density at radius 1 is 1.09 bits per heavy atom. The first kappa shape index (κ1) is 12.6. The van der Waals surface area contributed by atoms with Crippen molar-refractivity contribution < 1.29 is 14.0 Å². The number of guanidine groups is 1. The van der Waals surface area contributed by atoms with Crippen LogP contribution in [-0.4, -0.2) is 29.7 Å². The Labute approximate surface area is 126 Å². The van der Waals surface area contributed by atoms with Crippen LogP contribution in [0, 0.1) is 0 Å². The highest BCUT2D eigenvalue weighted by molar-refractivity contribution is 6.32. The number of aliphatic imine (C=N–C) groups is 1. The molecule has 0 fully saturated rings. The van der Waals surface area contributed by atoms with E-state index < -0.39 is 5.91 Å². The molecular weight excluding hydrogens is 282 g/mol. The lowest BCUT2D eigenvalue weighted by molar-refractivity contribution is -0.121. The molecule has 0 saturated carbocycles. The van der Waals surface area contributed by atoms with Crippen LogP contribution in [0.25, 0.3) is 6.08 Å². The van der Waals surface area contributed by atoms with Crippen LogP contribution >= 0.6 is 0 Å². The van der Waals surface area contributed by atoms with Gasteiger partial charge in [-0.05, 0) is 24.3 Å². The van der Waals surface area contributed by atoms with Gasteiger partial charge in [0.15, 0.2) is 0 Å². The number of carbonyl (C=O) groups excluding carboxylic acids is 2. The molecule has 1 aromatic heterocycles. The van der Waals surface area contributed by atoms with Crippen molar-refractivity contribution in [2.24, 2.45) is 4.99 Å². The third kappa shape index (κ3) is 1.64. The number of nitrogens with zero attached hydrogens (tertiary/aromatic N) is 3. The van der Waals surface area contributed by atoms with Crippen LogP contribution in [-0.2, 0) is 4.79 Å². The molecule has 0 aliphatic carbocycles. The first-order chi connectivity index (χ1) is 10.7. The summed E-state index contributed by atoms with van der Waals surface area (Å²) in [4.78, 5) is 32.2. The summed E-state index contributed by atoms with van der Waals surface area (Å²) in [6, 6.07) is 10.6. The van der Waals surface area contributed by atoms with E-state index >= 15 is 0 Å². The second-order valence-corrected chi connectivity index (χ2v) is 4.98. The van der Waals surface area contributed by atoms with Crippen molar-refractivity contribution in [1.29, 1.82) is 0 Å². The first-order valence-corrected chi connectivity index (χ1v) is 6.72. The first-order valence-electron chi connectivity index (χ1n) is 6.72. The van der Waals surface area contributed by atoms with Crippen molar-refractivity contribution in [1.82, 2.24) is 4.90 Å². The summed E-state index contributed by atoms with van der Waals surface area (Å²) in [5, 5.41) is 0. The van der Waals surface area contributed by atoms with Gasteiger partial charge in [-0.25, -0.2) is 9.89 Å². The van der Waals surface area contributed by atoms with Crippen LogP contribution in [0.1, 0.15) is 16.1 Å². The summed E-state index contributed by atoms with van der Waals surface area (Å²) in [6.07, 6.45) is 3.04. The van der Waals surface area contributed by atoms with Crippen molar-refractivity contribution in [3.8, 4) is 0 Å². The summed E-state index contributed by atoms with van der Waals surface area (Å²) >= 11 is 0. The van der Waals surface area contributed by atoms with Gasteiger partial charge in [-0.1, -0.05) is 12.1 Å². The summed E-state index contributed by atoms with van der Waals surface area (Å²) in [5.74, 6) is 0.0183. The maximum atomic E-state index is 12.5. The van der Waals surface area contributed by atoms with Crippen LogP contribution in [0.3, 0.4) is 0 Å². The number of benzene rings is 1. The minimum absolute atomic E-state index is 0.179. The normalized spacial score (nSPS) is 18.6. The van der Waals surface area contributed by atoms with Crippen molar-refractivity contribution in [2.75, 3.05) is 11.9 Å². The Morgan fingerprint density at radius 3 is 2.68 bits per heavy atom. The lowest BCUT2D eigenvalue weighted by Crippen LogP contribution is -2.50. The van der Waals surface area contributed by atoms with Crippen molar-refractivity contribution >= 4 is 29.5 Å². The van der Waals surface area contributed by atoms with E-state index in [0.29, 0.717) is 17.3 Å². The van der Waals surface area contributed by atoms with Crippen LogP contribution in [0.15, 0.2) is 57.8 Å². The van der Waals surface area contributed by atoms with Crippen LogP contribution in [0.2, 0.25) is 0 Å². The molecule has 0 saturated heterocycles. The number of amides is 2. The SMILES string of the molecule is CN1C2=NC(=Cc3ccco3)C(=O)N2C(=O)c2ccccc21. The second kappa shape index (κ2) is 4.42. The molecule has 0 bridgehead atoms. The molecule has 3 heterocycles. The van der Waals surface area contributed by atoms with Gasteiger partial charge in [0.1, 0.15) is 11.5 Å². The lowest BCUT2D eigenvalue weighted by Gasteiger charge is -2.31. The van der Waals surface area contributed by atoms with Gasteiger partial charge in [0.25, 0.3) is 11.8 Å². The number of hydrogen-bond acceptors (Lipinski definition) is 5. The van der Waals surface area contributed by atoms with E-state index in [4.69, 9.17) is 4.42 Å². The van der Waals surface area contributed by atoms with Gasteiger partial charge in [0, 0.05) is 13.1 Å². The largest absolute Gasteiger partial charge is 0.465 e. The average Bonchev–Trinajstić information content (AvgIpc) is 3.15. The average molecular weight is 293 g/mol. The smallest absolute Gasteiger partial charge is 0.286 e. The number of imide groups is 1. The zero-order chi connectivity index (χ0) is 15.3. The Balaban J connectivity index is 1.83. The Hall–Kier alpha value is -3.15. The second-order valence-electron chi connectivity index (χ2n) is 4.98. The zero-order valence-corrected chi connectivity index (χ0v) is 11.7. The van der Waals surface area contributed by atoms with E-state index in [1.807, 2.05) is 12.1 Å². The fourth-order valence-electron chi connectivity index (χ4n) is 2.60. The topological polar surface area (TPSA) is 66.1 Å². The highest BCUT2D eigenvalue weighted by atomic mass is 16.3. The van der Waals surface area contributed by atoms with Gasteiger partial charge in [0.2, 0.25) is 5.96 Å². The molecule has 2 aliphatic rings. The third-order valence-corrected chi connectivity index (χ3v) is 3.66. The maximum Gasteiger partial charge on any atom is 0.286 e. The van der Waals surface area contributed by atoms with Crippen LogP contribution < -0.4 is 4.90 Å². The van der Waals surface area contributed by atoms with Gasteiger partial charge in [-0.15, -0.1) is 0 Å². The van der Waals surface area contributed by atoms with E-state index in [9.17, 15) is 9.59 Å². The summed E-state index contributed by atoms with van der Waals surface area (Å²) in [5.41, 5.74) is 1.39. The maximum absolute atomic E-state index is 12.5. The third-order valence-electron chi connectivity index (χ3n) is 3.66. The molecule has 2 amide bonds. The van der Waals surface area contributed by atoms with Crippen LogP contribution in [0.5, 0.6) is 0 Å². The fraction of sp³-hybridized carbons (Fsp3) is 0.0625. The van der Waals surface area contributed by atoms with Gasteiger partial charge in [-0.3, -0.25) is 9.59 Å². The predicted octanol–water partition coefficient (Wildman–Crippen LogP) is 2.11. The molecule has 2 aliphatic heterocycles. The van der Waals surface area contributed by atoms with Crippen molar-refractivity contribution in [2.45, 2.75) is 0 Å². The lowest BCUT2D eigenvalue weighted by atomic mass is 10.1. The van der Waals surface area contributed by atoms with Crippen LogP contribution in [0.4, 0.5) is 5.69 Å². The molecule has 4 rings (SSSR count). The van der Waals surface area contributed by atoms with E-state index in [-0.39, 0.29) is 11.6 Å². The van der Waals surface area contributed by atoms with Gasteiger partial charge >= 0.3 is 0 Å². The highest BCUT2D eigenvalue weighted by Gasteiger charge is 2.42. The molecule has 0 N–H and O–H groups in total. The van der Waals surface area contributed by atoms with E-state index in [0.717, 1.165) is 10.6 Å². The minimum atomic E-state index is -0.447. The monoisotopic (exact) mass is 293 g/mol. The van der Waals surface area contributed by atoms with E-state index in [2.05, 4.69) is 4.99 Å². The van der Waals surface area contributed by atoms with Crippen molar-refractivity contribution in [3.63, 3.8) is 0 Å². The Kier molecular flexibility index (Phi) is 2.53. The molecule has 0 unspecified atom stereocenters. The quantitative estimate of drug-likeness (QED) is 0.596. The van der Waals surface area contributed by atoms with E-state index in [1.54, 1.807) is 36.2 Å². The molecule has 1 aromatic carbocycles. The Bertz CT molecular complexity index is 849. The molecule has 6 heteroatoms. The summed E-state index contributed by atoms with van der Waals surface area (Å²) in [6.45, 7) is 0. The number of anilines is 1. The summed E-state index contributed by atoms with van der Waals surface area (Å²) in [7, 11) is 1.78. The number of hydrogen-bond donors (Lipinski definition) is 0. The zero-order valence-electron chi connectivity index (χ0n) is 11.7. The van der Waals surface area contributed by atoms with Crippen molar-refractivity contribution in [3.05, 3.63) is 59.7 Å². The van der Waals surface area contributed by atoms with Gasteiger partial charge < -0.3 is 9.32 Å². The molecule has 0 spiro atoms. The predicted molar refractivity (Wildman–Crippen MR) is 80.1 cm³/mol. The minimum Gasteiger partial charge on any atom is -0.465 e. The number of rotatable bonds is 1. The number of furan rings is 1. The van der Waals surface area contributed by atoms with Gasteiger partial charge in [0.05, 0.1) is 17.5 Å². The molecule has 22 heavy (non-hydrogen) atoms. The highest BCUT2D eigenvalue weighted by Crippen LogP contribution is 2.32. The number of para-hydroxylation sites is 1. The van der Waals surface area contributed by atoms with E-state index in [1.165, 1.54) is 12.3 Å². The molecule has 2 aromatic rings. The molecular formula is C16H11N3O3. The number of fused-ring (bicyclic) bond motifs is 2. The fourth-order valence-corrected chi connectivity index (χ4v) is 2.60. The summed E-state index contributed by atoms with van der Waals surface area (Å²) < 4.78 is 5.20. The molecule has 6 nitrogen and oxygen atoms in total. The molecule has 0 atom stereocenters.